The van der Waals surface area contributed by atoms with Crippen molar-refractivity contribution in [3.63, 3.8) is 0 Å². The van der Waals surface area contributed by atoms with Crippen LogP contribution in [0.3, 0.4) is 0 Å². The number of halogens is 1. The van der Waals surface area contributed by atoms with Gasteiger partial charge in [-0.2, -0.15) is 4.39 Å². The fraction of sp³-hybridized carbons (Fsp3) is 0.846. The average molecular weight is 259 g/mol. The molecule has 0 aromatic carbocycles. The highest BCUT2D eigenvalue weighted by atomic mass is 19.1. The van der Waals surface area contributed by atoms with Crippen LogP contribution in [0.2, 0.25) is 0 Å². The standard InChI is InChI=1S/C13H22FNO3/c1-12(2,3)8-13(4,5)18-11(17)15-6-9(7-15)10(14)16/h9H,6-8H2,1-5H3. The zero-order valence-corrected chi connectivity index (χ0v) is 11.7. The Morgan fingerprint density at radius 2 is 1.72 bits per heavy atom. The van der Waals surface area contributed by atoms with Crippen LogP contribution in [0, 0.1) is 11.3 Å². The Labute approximate surface area is 107 Å². The maximum absolute atomic E-state index is 12.3. The van der Waals surface area contributed by atoms with Crippen molar-refractivity contribution in [3.8, 4) is 0 Å². The molecule has 0 saturated carbocycles. The van der Waals surface area contributed by atoms with Crippen molar-refractivity contribution in [2.45, 2.75) is 46.6 Å². The van der Waals surface area contributed by atoms with Crippen molar-refractivity contribution in [1.82, 2.24) is 4.90 Å². The monoisotopic (exact) mass is 259 g/mol. The van der Waals surface area contributed by atoms with Crippen LogP contribution in [0.1, 0.15) is 41.0 Å². The maximum Gasteiger partial charge on any atom is 0.410 e. The highest BCUT2D eigenvalue weighted by molar-refractivity contribution is 5.77. The van der Waals surface area contributed by atoms with E-state index in [2.05, 4.69) is 20.8 Å². The second-order valence-electron chi connectivity index (χ2n) is 6.77. The fourth-order valence-corrected chi connectivity index (χ4v) is 2.39. The summed E-state index contributed by atoms with van der Waals surface area (Å²) in [6, 6.07) is -1.35. The number of carbonyl (C=O) groups is 2. The summed E-state index contributed by atoms with van der Waals surface area (Å²) in [5, 5.41) is 0. The molecule has 0 aliphatic carbocycles. The molecule has 1 fully saturated rings. The molecular weight excluding hydrogens is 237 g/mol. The van der Waals surface area contributed by atoms with Gasteiger partial charge in [0, 0.05) is 13.1 Å². The summed E-state index contributed by atoms with van der Waals surface area (Å²) in [5.74, 6) is -0.664. The molecule has 104 valence electrons. The van der Waals surface area contributed by atoms with Gasteiger partial charge in [-0.1, -0.05) is 20.8 Å². The van der Waals surface area contributed by atoms with E-state index < -0.39 is 23.6 Å². The van der Waals surface area contributed by atoms with E-state index in [1.807, 2.05) is 13.8 Å². The van der Waals surface area contributed by atoms with Crippen LogP contribution < -0.4 is 0 Å². The lowest BCUT2D eigenvalue weighted by Crippen LogP contribution is -2.54. The van der Waals surface area contributed by atoms with Gasteiger partial charge in [0.05, 0.1) is 5.92 Å². The molecule has 0 aromatic rings. The zero-order valence-electron chi connectivity index (χ0n) is 11.7. The molecule has 1 amide bonds. The molecule has 5 heteroatoms. The van der Waals surface area contributed by atoms with Crippen LogP contribution >= 0.6 is 0 Å². The van der Waals surface area contributed by atoms with Gasteiger partial charge in [0.15, 0.2) is 0 Å². The zero-order chi connectivity index (χ0) is 14.1. The minimum absolute atomic E-state index is 0.0518. The Hall–Kier alpha value is -1.13. The number of rotatable bonds is 3. The summed E-state index contributed by atoms with van der Waals surface area (Å²) in [5.41, 5.74) is -0.518. The predicted octanol–water partition coefficient (Wildman–Crippen LogP) is 2.77. The molecule has 0 N–H and O–H groups in total. The van der Waals surface area contributed by atoms with Crippen molar-refractivity contribution in [2.24, 2.45) is 11.3 Å². The normalized spacial score (nSPS) is 17.3. The molecule has 0 spiro atoms. The first kappa shape index (κ1) is 14.9. The smallest absolute Gasteiger partial charge is 0.410 e. The largest absolute Gasteiger partial charge is 0.443 e. The number of carbonyl (C=O) groups excluding carboxylic acids is 2. The molecule has 0 radical (unpaired) electrons. The topological polar surface area (TPSA) is 46.6 Å². The van der Waals surface area contributed by atoms with Gasteiger partial charge in [-0.05, 0) is 25.7 Å². The van der Waals surface area contributed by atoms with Gasteiger partial charge < -0.3 is 9.64 Å². The van der Waals surface area contributed by atoms with Gasteiger partial charge in [-0.3, -0.25) is 4.79 Å². The van der Waals surface area contributed by atoms with Crippen LogP contribution in [0.25, 0.3) is 0 Å². The van der Waals surface area contributed by atoms with Crippen molar-refractivity contribution >= 4 is 12.1 Å². The molecule has 0 unspecified atom stereocenters. The Balaban J connectivity index is 2.44. The second-order valence-corrected chi connectivity index (χ2v) is 6.77. The van der Waals surface area contributed by atoms with Crippen LogP contribution in [0.4, 0.5) is 9.18 Å². The summed E-state index contributed by atoms with van der Waals surface area (Å²) in [7, 11) is 0. The minimum Gasteiger partial charge on any atom is -0.443 e. The van der Waals surface area contributed by atoms with Gasteiger partial charge in [-0.15, -0.1) is 0 Å². The van der Waals surface area contributed by atoms with Crippen molar-refractivity contribution in [2.75, 3.05) is 13.1 Å². The van der Waals surface area contributed by atoms with E-state index in [1.54, 1.807) is 0 Å². The minimum atomic E-state index is -1.35. The summed E-state index contributed by atoms with van der Waals surface area (Å²) in [4.78, 5) is 23.5. The van der Waals surface area contributed by atoms with Crippen molar-refractivity contribution < 1.29 is 18.7 Å². The molecule has 18 heavy (non-hydrogen) atoms. The van der Waals surface area contributed by atoms with Crippen LogP contribution in [0.5, 0.6) is 0 Å². The van der Waals surface area contributed by atoms with Gasteiger partial charge in [0.1, 0.15) is 5.60 Å². The third kappa shape index (κ3) is 4.27. The van der Waals surface area contributed by atoms with Gasteiger partial charge in [0.25, 0.3) is 0 Å². The lowest BCUT2D eigenvalue weighted by Gasteiger charge is -2.39. The highest BCUT2D eigenvalue weighted by Gasteiger charge is 2.39. The van der Waals surface area contributed by atoms with E-state index in [0.717, 1.165) is 6.42 Å². The predicted molar refractivity (Wildman–Crippen MR) is 65.8 cm³/mol. The summed E-state index contributed by atoms with van der Waals surface area (Å²) in [6.45, 7) is 10.2. The average Bonchev–Trinajstić information content (AvgIpc) is 1.91. The second kappa shape index (κ2) is 4.86. The SMILES string of the molecule is CC(C)(C)CC(C)(C)OC(=O)N1CC(C(=O)F)C1. The van der Waals surface area contributed by atoms with E-state index in [0.29, 0.717) is 0 Å². The van der Waals surface area contributed by atoms with E-state index in [-0.39, 0.29) is 18.5 Å². The molecule has 1 heterocycles. The molecule has 1 rings (SSSR count). The fourth-order valence-electron chi connectivity index (χ4n) is 2.39. The first-order valence-electron chi connectivity index (χ1n) is 6.17. The van der Waals surface area contributed by atoms with Crippen LogP contribution in [-0.4, -0.2) is 35.7 Å². The van der Waals surface area contributed by atoms with E-state index in [9.17, 15) is 14.0 Å². The Bertz CT molecular complexity index is 341. The molecule has 0 bridgehead atoms. The van der Waals surface area contributed by atoms with E-state index in [1.165, 1.54) is 4.90 Å². The van der Waals surface area contributed by atoms with Gasteiger partial charge >= 0.3 is 12.1 Å². The number of amides is 1. The van der Waals surface area contributed by atoms with Crippen LogP contribution in [-0.2, 0) is 9.53 Å². The molecule has 1 saturated heterocycles. The third-order valence-electron chi connectivity index (χ3n) is 2.78. The van der Waals surface area contributed by atoms with Crippen LogP contribution in [0.15, 0.2) is 0 Å². The first-order valence-corrected chi connectivity index (χ1v) is 6.17. The van der Waals surface area contributed by atoms with Crippen molar-refractivity contribution in [3.05, 3.63) is 0 Å². The lowest BCUT2D eigenvalue weighted by molar-refractivity contribution is -0.138. The summed E-state index contributed by atoms with van der Waals surface area (Å²) < 4.78 is 17.7. The number of nitrogens with zero attached hydrogens (tertiary/aromatic N) is 1. The Kier molecular flexibility index (Phi) is 4.03. The quantitative estimate of drug-likeness (QED) is 0.732. The molecule has 4 nitrogen and oxygen atoms in total. The highest BCUT2D eigenvalue weighted by Crippen LogP contribution is 2.30. The molecule has 1 aliphatic rings. The maximum atomic E-state index is 12.3. The number of ether oxygens (including phenoxy) is 1. The first-order chi connectivity index (χ1) is 8.00. The number of hydrogen-bond acceptors (Lipinski definition) is 3. The number of hydrogen-bond donors (Lipinski definition) is 0. The Morgan fingerprint density at radius 1 is 1.22 bits per heavy atom. The van der Waals surface area contributed by atoms with E-state index in [4.69, 9.17) is 4.74 Å². The van der Waals surface area contributed by atoms with Gasteiger partial charge in [0.2, 0.25) is 0 Å². The molecule has 0 atom stereocenters. The van der Waals surface area contributed by atoms with E-state index >= 15 is 0 Å². The summed E-state index contributed by atoms with van der Waals surface area (Å²) in [6.07, 6.45) is 0.257. The molecule has 0 aromatic heterocycles. The van der Waals surface area contributed by atoms with Crippen molar-refractivity contribution in [1.29, 1.82) is 0 Å². The summed E-state index contributed by atoms with van der Waals surface area (Å²) >= 11 is 0. The molecule has 1 aliphatic heterocycles. The Morgan fingerprint density at radius 3 is 2.11 bits per heavy atom. The lowest BCUT2D eigenvalue weighted by atomic mass is 9.84. The van der Waals surface area contributed by atoms with Gasteiger partial charge in [-0.25, -0.2) is 4.79 Å². The number of likely N-dealkylation sites (tertiary alicyclic amines) is 1. The molecular formula is C13H22FNO3. The third-order valence-corrected chi connectivity index (χ3v) is 2.78.